The summed E-state index contributed by atoms with van der Waals surface area (Å²) < 4.78 is 28.0. The number of hydrogen-bond donors (Lipinski definition) is 1. The van der Waals surface area contributed by atoms with Gasteiger partial charge in [-0.25, -0.2) is 0 Å². The molecule has 0 bridgehead atoms. The second kappa shape index (κ2) is 4.07. The first-order valence-electron chi connectivity index (χ1n) is 5.42. The average Bonchev–Trinajstić information content (AvgIpc) is 2.26. The Balaban J connectivity index is 2.40. The fourth-order valence-corrected chi connectivity index (χ4v) is 3.33. The quantitative estimate of drug-likeness (QED) is 0.859. The summed E-state index contributed by atoms with van der Waals surface area (Å²) >= 11 is 0. The number of nitrogens with zero attached hydrogens (tertiary/aromatic N) is 1. The maximum absolute atomic E-state index is 12.0. The minimum Gasteiger partial charge on any atom is -0.271 e. The molecule has 0 aliphatic carbocycles. The first-order valence-corrected chi connectivity index (χ1v) is 6.86. The maximum Gasteiger partial charge on any atom is 0.302 e. The van der Waals surface area contributed by atoms with Crippen molar-refractivity contribution < 1.29 is 8.42 Å². The third-order valence-corrected chi connectivity index (χ3v) is 4.56. The van der Waals surface area contributed by atoms with E-state index in [0.717, 1.165) is 12.0 Å². The van der Waals surface area contributed by atoms with E-state index < -0.39 is 10.2 Å². The van der Waals surface area contributed by atoms with Crippen LogP contribution in [0.25, 0.3) is 0 Å². The van der Waals surface area contributed by atoms with E-state index in [1.54, 1.807) is 6.07 Å². The predicted molar refractivity (Wildman–Crippen MR) is 64.3 cm³/mol. The topological polar surface area (TPSA) is 49.4 Å². The summed E-state index contributed by atoms with van der Waals surface area (Å²) in [6, 6.07) is 7.52. The molecule has 1 aromatic rings. The van der Waals surface area contributed by atoms with E-state index in [1.807, 2.05) is 32.0 Å². The summed E-state index contributed by atoms with van der Waals surface area (Å²) in [5.74, 6) is 0. The smallest absolute Gasteiger partial charge is 0.271 e. The summed E-state index contributed by atoms with van der Waals surface area (Å²) in [4.78, 5) is 0. The van der Waals surface area contributed by atoms with E-state index >= 15 is 0 Å². The van der Waals surface area contributed by atoms with Crippen LogP contribution in [0, 0.1) is 0 Å². The molecule has 0 spiro atoms. The number of benzene rings is 1. The number of fused-ring (bicyclic) bond motifs is 1. The Hall–Kier alpha value is -1.07. The van der Waals surface area contributed by atoms with E-state index in [9.17, 15) is 8.42 Å². The van der Waals surface area contributed by atoms with Crippen LogP contribution in [0.3, 0.4) is 0 Å². The zero-order chi connectivity index (χ0) is 11.8. The molecule has 0 saturated heterocycles. The van der Waals surface area contributed by atoms with Crippen molar-refractivity contribution in [3.05, 3.63) is 29.8 Å². The maximum atomic E-state index is 12.0. The van der Waals surface area contributed by atoms with Gasteiger partial charge in [-0.05, 0) is 25.0 Å². The zero-order valence-corrected chi connectivity index (χ0v) is 10.3. The minimum atomic E-state index is -3.36. The summed E-state index contributed by atoms with van der Waals surface area (Å²) in [6.45, 7) is 4.37. The van der Waals surface area contributed by atoms with Crippen LogP contribution >= 0.6 is 0 Å². The van der Waals surface area contributed by atoms with Gasteiger partial charge in [0, 0.05) is 12.6 Å². The highest BCUT2D eigenvalue weighted by Crippen LogP contribution is 2.27. The molecule has 2 rings (SSSR count). The van der Waals surface area contributed by atoms with E-state index in [2.05, 4.69) is 4.72 Å². The lowest BCUT2D eigenvalue weighted by Crippen LogP contribution is -2.44. The number of nitrogens with one attached hydrogen (secondary N) is 1. The lowest BCUT2D eigenvalue weighted by Gasteiger charge is -2.32. The molecule has 5 heteroatoms. The molecule has 1 aromatic carbocycles. The fourth-order valence-electron chi connectivity index (χ4n) is 1.80. The summed E-state index contributed by atoms with van der Waals surface area (Å²) in [7, 11) is -3.36. The van der Waals surface area contributed by atoms with Crippen molar-refractivity contribution in [3.63, 3.8) is 0 Å². The van der Waals surface area contributed by atoms with Crippen molar-refractivity contribution in [1.29, 1.82) is 0 Å². The van der Waals surface area contributed by atoms with Gasteiger partial charge in [0.05, 0.1) is 5.69 Å². The normalized spacial score (nSPS) is 20.9. The van der Waals surface area contributed by atoms with Gasteiger partial charge in [0.1, 0.15) is 0 Å². The van der Waals surface area contributed by atoms with Gasteiger partial charge in [0.2, 0.25) is 0 Å². The molecule has 1 atom stereocenters. The van der Waals surface area contributed by atoms with Gasteiger partial charge >= 0.3 is 10.2 Å². The van der Waals surface area contributed by atoms with Gasteiger partial charge in [-0.3, -0.25) is 4.72 Å². The van der Waals surface area contributed by atoms with Crippen molar-refractivity contribution in [2.24, 2.45) is 0 Å². The van der Waals surface area contributed by atoms with Crippen molar-refractivity contribution in [2.75, 3.05) is 4.72 Å². The van der Waals surface area contributed by atoms with Crippen molar-refractivity contribution in [1.82, 2.24) is 4.31 Å². The molecule has 1 unspecified atom stereocenters. The summed E-state index contributed by atoms with van der Waals surface area (Å²) in [5.41, 5.74) is 1.72. The van der Waals surface area contributed by atoms with Crippen LogP contribution in [0.1, 0.15) is 25.8 Å². The Bertz CT molecular complexity index is 485. The van der Waals surface area contributed by atoms with Crippen LogP contribution in [0.5, 0.6) is 0 Å². The first kappa shape index (κ1) is 11.4. The Morgan fingerprint density at radius 3 is 2.81 bits per heavy atom. The van der Waals surface area contributed by atoms with Crippen molar-refractivity contribution in [3.8, 4) is 0 Å². The number of hydrogen-bond acceptors (Lipinski definition) is 2. The molecule has 0 aromatic heterocycles. The van der Waals surface area contributed by atoms with E-state index in [0.29, 0.717) is 12.2 Å². The Morgan fingerprint density at radius 1 is 1.44 bits per heavy atom. The monoisotopic (exact) mass is 240 g/mol. The van der Waals surface area contributed by atoms with Gasteiger partial charge in [0.25, 0.3) is 0 Å². The molecule has 16 heavy (non-hydrogen) atoms. The van der Waals surface area contributed by atoms with Crippen LogP contribution in [-0.2, 0) is 16.8 Å². The second-order valence-corrected chi connectivity index (χ2v) is 5.69. The molecule has 88 valence electrons. The lowest BCUT2D eigenvalue weighted by molar-refractivity contribution is 0.322. The Labute approximate surface area is 96.5 Å². The number of rotatable bonds is 2. The molecular formula is C11H16N2O2S. The third kappa shape index (κ3) is 1.92. The van der Waals surface area contributed by atoms with Crippen LogP contribution < -0.4 is 4.72 Å². The molecule has 1 heterocycles. The van der Waals surface area contributed by atoms with Crippen LogP contribution in [0.4, 0.5) is 5.69 Å². The van der Waals surface area contributed by atoms with Crippen LogP contribution in [0.2, 0.25) is 0 Å². The highest BCUT2D eigenvalue weighted by atomic mass is 32.2. The van der Waals surface area contributed by atoms with Crippen molar-refractivity contribution >= 4 is 15.9 Å². The largest absolute Gasteiger partial charge is 0.302 e. The third-order valence-electron chi connectivity index (χ3n) is 2.97. The van der Waals surface area contributed by atoms with Crippen molar-refractivity contribution in [2.45, 2.75) is 32.9 Å². The molecule has 1 N–H and O–H groups in total. The molecular weight excluding hydrogens is 224 g/mol. The molecule has 4 nitrogen and oxygen atoms in total. The number of para-hydroxylation sites is 1. The standard InChI is InChI=1S/C11H16N2O2S/c1-3-9(2)13-8-10-6-4-5-7-11(10)12-16(13,14)15/h4-7,9,12H,3,8H2,1-2H3. The van der Waals surface area contributed by atoms with Gasteiger partial charge < -0.3 is 0 Å². The van der Waals surface area contributed by atoms with E-state index in [1.165, 1.54) is 4.31 Å². The van der Waals surface area contributed by atoms with E-state index in [4.69, 9.17) is 0 Å². The average molecular weight is 240 g/mol. The molecule has 0 saturated carbocycles. The van der Waals surface area contributed by atoms with Crippen LogP contribution in [-0.4, -0.2) is 18.8 Å². The highest BCUT2D eigenvalue weighted by molar-refractivity contribution is 7.90. The van der Waals surface area contributed by atoms with Gasteiger partial charge in [-0.2, -0.15) is 12.7 Å². The predicted octanol–water partition coefficient (Wildman–Crippen LogP) is 1.96. The highest BCUT2D eigenvalue weighted by Gasteiger charge is 2.31. The SMILES string of the molecule is CCC(C)N1Cc2ccccc2NS1(=O)=O. The van der Waals surface area contributed by atoms with Crippen LogP contribution in [0.15, 0.2) is 24.3 Å². The van der Waals surface area contributed by atoms with Gasteiger partial charge in [0.15, 0.2) is 0 Å². The molecule has 1 aliphatic rings. The first-order chi connectivity index (χ1) is 7.54. The number of anilines is 1. The summed E-state index contributed by atoms with van der Waals surface area (Å²) in [5, 5.41) is 0. The van der Waals surface area contributed by atoms with Gasteiger partial charge in [-0.1, -0.05) is 25.1 Å². The second-order valence-electron chi connectivity index (χ2n) is 4.07. The van der Waals surface area contributed by atoms with E-state index in [-0.39, 0.29) is 6.04 Å². The molecule has 1 aliphatic heterocycles. The van der Waals surface area contributed by atoms with Gasteiger partial charge in [-0.15, -0.1) is 0 Å². The lowest BCUT2D eigenvalue weighted by atomic mass is 10.1. The zero-order valence-electron chi connectivity index (χ0n) is 9.47. The minimum absolute atomic E-state index is 0.0193. The Morgan fingerprint density at radius 2 is 2.12 bits per heavy atom. The molecule has 0 amide bonds. The Kier molecular flexibility index (Phi) is 2.90. The fraction of sp³-hybridized carbons (Fsp3) is 0.455. The molecule has 0 radical (unpaired) electrons. The summed E-state index contributed by atoms with van der Waals surface area (Å²) in [6.07, 6.45) is 0.809. The molecule has 0 fully saturated rings.